The van der Waals surface area contributed by atoms with Crippen molar-refractivity contribution in [2.24, 2.45) is 5.92 Å². The van der Waals surface area contributed by atoms with E-state index in [2.05, 4.69) is 19.2 Å². The van der Waals surface area contributed by atoms with Crippen molar-refractivity contribution in [3.05, 3.63) is 0 Å². The lowest BCUT2D eigenvalue weighted by Gasteiger charge is -2.38. The maximum atomic E-state index is 12.1. The van der Waals surface area contributed by atoms with Gasteiger partial charge < -0.3 is 10.2 Å². The van der Waals surface area contributed by atoms with Crippen LogP contribution in [0.4, 0.5) is 4.79 Å². The third-order valence-corrected chi connectivity index (χ3v) is 4.32. The zero-order valence-electron chi connectivity index (χ0n) is 10.5. The van der Waals surface area contributed by atoms with Gasteiger partial charge in [-0.1, -0.05) is 19.8 Å². The summed E-state index contributed by atoms with van der Waals surface area (Å²) in [7, 11) is 0. The second kappa shape index (κ2) is 5.07. The van der Waals surface area contributed by atoms with Crippen molar-refractivity contribution >= 4 is 6.03 Å². The Balaban J connectivity index is 1.87. The minimum absolute atomic E-state index is 0.172. The topological polar surface area (TPSA) is 32.3 Å². The summed E-state index contributed by atoms with van der Waals surface area (Å²) in [5.74, 6) is 0.642. The van der Waals surface area contributed by atoms with Crippen LogP contribution in [0.15, 0.2) is 0 Å². The van der Waals surface area contributed by atoms with Gasteiger partial charge in [-0.15, -0.1) is 0 Å². The molecule has 3 heteroatoms. The molecule has 2 unspecified atom stereocenters. The number of likely N-dealkylation sites (tertiary alicyclic amines) is 1. The number of rotatable bonds is 1. The highest BCUT2D eigenvalue weighted by Crippen LogP contribution is 2.24. The summed E-state index contributed by atoms with van der Waals surface area (Å²) in [6.07, 6.45) is 7.30. The SMILES string of the molecule is CC1CCCN(C(=O)NC2CCCC2)C1C. The molecule has 1 saturated heterocycles. The van der Waals surface area contributed by atoms with Crippen molar-refractivity contribution in [1.82, 2.24) is 10.2 Å². The van der Waals surface area contributed by atoms with Gasteiger partial charge in [-0.25, -0.2) is 4.79 Å². The average Bonchev–Trinajstić information content (AvgIpc) is 2.74. The molecule has 3 nitrogen and oxygen atoms in total. The monoisotopic (exact) mass is 224 g/mol. The molecule has 1 heterocycles. The highest BCUT2D eigenvalue weighted by molar-refractivity contribution is 5.75. The van der Waals surface area contributed by atoms with Gasteiger partial charge in [0.05, 0.1) is 0 Å². The van der Waals surface area contributed by atoms with Crippen LogP contribution in [0.25, 0.3) is 0 Å². The van der Waals surface area contributed by atoms with Gasteiger partial charge in [-0.2, -0.15) is 0 Å². The van der Waals surface area contributed by atoms with Crippen LogP contribution in [-0.2, 0) is 0 Å². The summed E-state index contributed by atoms with van der Waals surface area (Å²) in [6, 6.07) is 1.01. The highest BCUT2D eigenvalue weighted by Gasteiger charge is 2.29. The van der Waals surface area contributed by atoms with E-state index in [4.69, 9.17) is 0 Å². The van der Waals surface area contributed by atoms with Gasteiger partial charge in [0, 0.05) is 18.6 Å². The smallest absolute Gasteiger partial charge is 0.317 e. The lowest BCUT2D eigenvalue weighted by atomic mass is 9.92. The molecule has 1 saturated carbocycles. The molecule has 92 valence electrons. The van der Waals surface area contributed by atoms with Crippen LogP contribution in [-0.4, -0.2) is 29.6 Å². The molecule has 0 bridgehead atoms. The minimum atomic E-state index is 0.172. The predicted octanol–water partition coefficient (Wildman–Crippen LogP) is 2.76. The Morgan fingerprint density at radius 3 is 2.50 bits per heavy atom. The summed E-state index contributed by atoms with van der Waals surface area (Å²) in [4.78, 5) is 14.2. The molecule has 1 aliphatic carbocycles. The Morgan fingerprint density at radius 1 is 1.12 bits per heavy atom. The second-order valence-electron chi connectivity index (χ2n) is 5.48. The third kappa shape index (κ3) is 2.50. The third-order valence-electron chi connectivity index (χ3n) is 4.32. The van der Waals surface area contributed by atoms with Crippen molar-refractivity contribution in [1.29, 1.82) is 0 Å². The highest BCUT2D eigenvalue weighted by atomic mass is 16.2. The van der Waals surface area contributed by atoms with E-state index in [-0.39, 0.29) is 6.03 Å². The molecule has 0 spiro atoms. The number of hydrogen-bond donors (Lipinski definition) is 1. The predicted molar refractivity (Wildman–Crippen MR) is 65.4 cm³/mol. The van der Waals surface area contributed by atoms with E-state index >= 15 is 0 Å². The Kier molecular flexibility index (Phi) is 3.72. The van der Waals surface area contributed by atoms with Gasteiger partial charge in [0.15, 0.2) is 0 Å². The molecule has 0 radical (unpaired) electrons. The lowest BCUT2D eigenvalue weighted by Crippen LogP contribution is -2.52. The second-order valence-corrected chi connectivity index (χ2v) is 5.48. The Hall–Kier alpha value is -0.730. The number of carbonyl (C=O) groups excluding carboxylic acids is 1. The summed E-state index contributed by atoms with van der Waals surface area (Å²) in [6.45, 7) is 5.36. The normalized spacial score (nSPS) is 31.8. The summed E-state index contributed by atoms with van der Waals surface area (Å²) < 4.78 is 0. The number of urea groups is 1. The van der Waals surface area contributed by atoms with Crippen LogP contribution in [0.1, 0.15) is 52.4 Å². The van der Waals surface area contributed by atoms with E-state index in [9.17, 15) is 4.79 Å². The van der Waals surface area contributed by atoms with Crippen molar-refractivity contribution in [2.75, 3.05) is 6.54 Å². The molecule has 2 rings (SSSR count). The number of piperidine rings is 1. The van der Waals surface area contributed by atoms with Crippen molar-refractivity contribution in [3.63, 3.8) is 0 Å². The maximum absolute atomic E-state index is 12.1. The van der Waals surface area contributed by atoms with E-state index in [1.54, 1.807) is 0 Å². The van der Waals surface area contributed by atoms with Gasteiger partial charge in [-0.3, -0.25) is 0 Å². The fourth-order valence-corrected chi connectivity index (χ4v) is 2.95. The first-order valence-electron chi connectivity index (χ1n) is 6.75. The zero-order valence-corrected chi connectivity index (χ0v) is 10.5. The maximum Gasteiger partial charge on any atom is 0.317 e. The van der Waals surface area contributed by atoms with Crippen LogP contribution in [0.5, 0.6) is 0 Å². The average molecular weight is 224 g/mol. The van der Waals surface area contributed by atoms with E-state index in [0.717, 1.165) is 13.0 Å². The van der Waals surface area contributed by atoms with E-state index in [0.29, 0.717) is 18.0 Å². The van der Waals surface area contributed by atoms with E-state index < -0.39 is 0 Å². The molecule has 2 atom stereocenters. The summed E-state index contributed by atoms with van der Waals surface area (Å²) in [5, 5.41) is 3.19. The molecule has 1 aliphatic heterocycles. The lowest BCUT2D eigenvalue weighted by molar-refractivity contribution is 0.126. The molecule has 0 aromatic heterocycles. The number of amides is 2. The number of hydrogen-bond acceptors (Lipinski definition) is 1. The minimum Gasteiger partial charge on any atom is -0.335 e. The first kappa shape index (κ1) is 11.7. The standard InChI is InChI=1S/C13H24N2O/c1-10-6-5-9-15(11(10)2)13(16)14-12-7-3-4-8-12/h10-12H,3-9H2,1-2H3,(H,14,16). The number of nitrogens with zero attached hydrogens (tertiary/aromatic N) is 1. The molecular formula is C13H24N2O. The van der Waals surface area contributed by atoms with Crippen LogP contribution in [0, 0.1) is 5.92 Å². The van der Waals surface area contributed by atoms with Gasteiger partial charge in [0.25, 0.3) is 0 Å². The molecule has 2 amide bonds. The fraction of sp³-hybridized carbons (Fsp3) is 0.923. The first-order valence-corrected chi connectivity index (χ1v) is 6.75. The molecule has 2 fully saturated rings. The largest absolute Gasteiger partial charge is 0.335 e. The first-order chi connectivity index (χ1) is 7.68. The zero-order chi connectivity index (χ0) is 11.5. The molecule has 0 aromatic carbocycles. The summed E-state index contributed by atoms with van der Waals surface area (Å²) >= 11 is 0. The fourth-order valence-electron chi connectivity index (χ4n) is 2.95. The Bertz CT molecular complexity index is 248. The van der Waals surface area contributed by atoms with Gasteiger partial charge >= 0.3 is 6.03 Å². The van der Waals surface area contributed by atoms with E-state index in [1.807, 2.05) is 4.90 Å². The van der Waals surface area contributed by atoms with Gasteiger partial charge in [0.1, 0.15) is 0 Å². The van der Waals surface area contributed by atoms with Crippen LogP contribution in [0.2, 0.25) is 0 Å². The van der Waals surface area contributed by atoms with Crippen LogP contribution in [0.3, 0.4) is 0 Å². The van der Waals surface area contributed by atoms with Crippen LogP contribution >= 0.6 is 0 Å². The van der Waals surface area contributed by atoms with Crippen molar-refractivity contribution in [2.45, 2.75) is 64.5 Å². The van der Waals surface area contributed by atoms with Gasteiger partial charge in [0.2, 0.25) is 0 Å². The molecule has 0 aromatic rings. The number of nitrogens with one attached hydrogen (secondary N) is 1. The van der Waals surface area contributed by atoms with Crippen molar-refractivity contribution in [3.8, 4) is 0 Å². The Morgan fingerprint density at radius 2 is 1.81 bits per heavy atom. The molecule has 2 aliphatic rings. The van der Waals surface area contributed by atoms with Gasteiger partial charge in [-0.05, 0) is 38.5 Å². The molecule has 1 N–H and O–H groups in total. The Labute approximate surface area is 98.6 Å². The van der Waals surface area contributed by atoms with Crippen molar-refractivity contribution < 1.29 is 4.79 Å². The van der Waals surface area contributed by atoms with Crippen LogP contribution < -0.4 is 5.32 Å². The van der Waals surface area contributed by atoms with E-state index in [1.165, 1.54) is 32.1 Å². The molecular weight excluding hydrogens is 200 g/mol. The number of carbonyl (C=O) groups is 1. The molecule has 16 heavy (non-hydrogen) atoms. The quantitative estimate of drug-likeness (QED) is 0.730. The summed E-state index contributed by atoms with van der Waals surface area (Å²) in [5.41, 5.74) is 0.